The zero-order valence-electron chi connectivity index (χ0n) is 10.6. The summed E-state index contributed by atoms with van der Waals surface area (Å²) in [5.74, 6) is 0. The molecule has 0 aromatic rings. The first kappa shape index (κ1) is 13.0. The molecule has 90 valence electrons. The number of rotatable bonds is 5. The Hall–Kier alpha value is -0.0800. The van der Waals surface area contributed by atoms with E-state index in [0.29, 0.717) is 24.1 Å². The molecule has 2 heteroatoms. The molecule has 0 spiro atoms. The Morgan fingerprint density at radius 3 is 2.80 bits per heavy atom. The van der Waals surface area contributed by atoms with Gasteiger partial charge in [0.05, 0.1) is 0 Å². The fourth-order valence-electron chi connectivity index (χ4n) is 2.72. The minimum Gasteiger partial charge on any atom is -0.396 e. The van der Waals surface area contributed by atoms with Crippen molar-refractivity contribution in [2.24, 2.45) is 5.41 Å². The van der Waals surface area contributed by atoms with Gasteiger partial charge in [-0.1, -0.05) is 20.3 Å². The lowest BCUT2D eigenvalue weighted by Gasteiger charge is -2.37. The van der Waals surface area contributed by atoms with Gasteiger partial charge < -0.3 is 10.4 Å². The van der Waals surface area contributed by atoms with E-state index in [1.807, 2.05) is 0 Å². The minimum atomic E-state index is 0.322. The van der Waals surface area contributed by atoms with Gasteiger partial charge in [0, 0.05) is 18.7 Å². The second kappa shape index (κ2) is 5.86. The molecule has 0 unspecified atom stereocenters. The molecule has 0 bridgehead atoms. The van der Waals surface area contributed by atoms with E-state index in [4.69, 9.17) is 5.11 Å². The summed E-state index contributed by atoms with van der Waals surface area (Å²) in [4.78, 5) is 0. The van der Waals surface area contributed by atoms with Crippen molar-refractivity contribution in [3.05, 3.63) is 0 Å². The van der Waals surface area contributed by atoms with E-state index in [1.165, 1.54) is 25.7 Å². The Bertz CT molecular complexity index is 179. The molecule has 0 aromatic heterocycles. The third kappa shape index (κ3) is 4.98. The first-order chi connectivity index (χ1) is 7.03. The third-order valence-electron chi connectivity index (χ3n) is 3.52. The van der Waals surface area contributed by atoms with Crippen molar-refractivity contribution in [2.45, 2.75) is 71.4 Å². The summed E-state index contributed by atoms with van der Waals surface area (Å²) in [5, 5.41) is 12.5. The second-order valence-corrected chi connectivity index (χ2v) is 5.89. The molecule has 0 saturated heterocycles. The lowest BCUT2D eigenvalue weighted by atomic mass is 9.75. The summed E-state index contributed by atoms with van der Waals surface area (Å²) in [6.45, 7) is 7.30. The Balaban J connectivity index is 2.25. The largest absolute Gasteiger partial charge is 0.396 e. The molecule has 1 aliphatic rings. The van der Waals surface area contributed by atoms with Gasteiger partial charge in [0.1, 0.15) is 0 Å². The molecule has 0 amide bonds. The number of hydrogen-bond donors (Lipinski definition) is 2. The summed E-state index contributed by atoms with van der Waals surface area (Å²) in [6, 6.07) is 1.25. The van der Waals surface area contributed by atoms with E-state index in [0.717, 1.165) is 12.8 Å². The fourth-order valence-corrected chi connectivity index (χ4v) is 2.72. The van der Waals surface area contributed by atoms with Crippen molar-refractivity contribution in [3.8, 4) is 0 Å². The SMILES string of the molecule is C[C@@H](CCCO)N[C@@H]1CCCC(C)(C)C1. The molecule has 1 rings (SSSR count). The topological polar surface area (TPSA) is 32.3 Å². The monoisotopic (exact) mass is 213 g/mol. The zero-order chi connectivity index (χ0) is 11.3. The standard InChI is InChI=1S/C13H27NO/c1-11(6-5-9-15)14-12-7-4-8-13(2,3)10-12/h11-12,14-15H,4-10H2,1-3H3/t11-,12+/m0/s1. The lowest BCUT2D eigenvalue weighted by molar-refractivity contribution is 0.186. The quantitative estimate of drug-likeness (QED) is 0.736. The van der Waals surface area contributed by atoms with Crippen LogP contribution in [0.4, 0.5) is 0 Å². The van der Waals surface area contributed by atoms with Crippen LogP contribution in [0.3, 0.4) is 0 Å². The second-order valence-electron chi connectivity index (χ2n) is 5.89. The van der Waals surface area contributed by atoms with Gasteiger partial charge in [-0.05, 0) is 44.4 Å². The summed E-state index contributed by atoms with van der Waals surface area (Å²) in [6.07, 6.45) is 7.37. The van der Waals surface area contributed by atoms with Crippen LogP contribution in [0, 0.1) is 5.41 Å². The Labute approximate surface area is 94.5 Å². The van der Waals surface area contributed by atoms with Gasteiger partial charge in [-0.15, -0.1) is 0 Å². The first-order valence-electron chi connectivity index (χ1n) is 6.40. The van der Waals surface area contributed by atoms with E-state index < -0.39 is 0 Å². The van der Waals surface area contributed by atoms with Crippen LogP contribution in [0.5, 0.6) is 0 Å². The van der Waals surface area contributed by atoms with Gasteiger partial charge in [0.15, 0.2) is 0 Å². The van der Waals surface area contributed by atoms with Crippen molar-refractivity contribution >= 4 is 0 Å². The van der Waals surface area contributed by atoms with Crippen LogP contribution < -0.4 is 5.32 Å². The number of nitrogens with one attached hydrogen (secondary N) is 1. The molecule has 15 heavy (non-hydrogen) atoms. The average molecular weight is 213 g/mol. The minimum absolute atomic E-state index is 0.322. The maximum Gasteiger partial charge on any atom is 0.0431 e. The highest BCUT2D eigenvalue weighted by Gasteiger charge is 2.28. The van der Waals surface area contributed by atoms with Crippen LogP contribution in [-0.2, 0) is 0 Å². The molecule has 1 saturated carbocycles. The molecule has 1 aliphatic carbocycles. The van der Waals surface area contributed by atoms with E-state index in [9.17, 15) is 0 Å². The predicted molar refractivity (Wildman–Crippen MR) is 65.0 cm³/mol. The predicted octanol–water partition coefficient (Wildman–Crippen LogP) is 2.71. The molecule has 2 nitrogen and oxygen atoms in total. The fraction of sp³-hybridized carbons (Fsp3) is 1.00. The Morgan fingerprint density at radius 2 is 2.20 bits per heavy atom. The van der Waals surface area contributed by atoms with Gasteiger partial charge in [-0.2, -0.15) is 0 Å². The molecular weight excluding hydrogens is 186 g/mol. The smallest absolute Gasteiger partial charge is 0.0431 e. The zero-order valence-corrected chi connectivity index (χ0v) is 10.6. The van der Waals surface area contributed by atoms with Crippen LogP contribution in [0.1, 0.15) is 59.3 Å². The first-order valence-corrected chi connectivity index (χ1v) is 6.40. The van der Waals surface area contributed by atoms with Crippen molar-refractivity contribution in [1.82, 2.24) is 5.32 Å². The van der Waals surface area contributed by atoms with Gasteiger partial charge in [0.25, 0.3) is 0 Å². The highest BCUT2D eigenvalue weighted by Crippen LogP contribution is 2.35. The maximum absolute atomic E-state index is 8.78. The summed E-state index contributed by atoms with van der Waals surface area (Å²) in [7, 11) is 0. The molecule has 2 N–H and O–H groups in total. The van der Waals surface area contributed by atoms with E-state index in [-0.39, 0.29) is 0 Å². The molecule has 2 atom stereocenters. The van der Waals surface area contributed by atoms with E-state index >= 15 is 0 Å². The summed E-state index contributed by atoms with van der Waals surface area (Å²) >= 11 is 0. The maximum atomic E-state index is 8.78. The summed E-state index contributed by atoms with van der Waals surface area (Å²) < 4.78 is 0. The average Bonchev–Trinajstić information content (AvgIpc) is 2.13. The van der Waals surface area contributed by atoms with Crippen LogP contribution in [0.2, 0.25) is 0 Å². The van der Waals surface area contributed by atoms with E-state index in [2.05, 4.69) is 26.1 Å². The van der Waals surface area contributed by atoms with Gasteiger partial charge in [0.2, 0.25) is 0 Å². The van der Waals surface area contributed by atoms with E-state index in [1.54, 1.807) is 0 Å². The molecule has 1 fully saturated rings. The van der Waals surface area contributed by atoms with Crippen LogP contribution in [-0.4, -0.2) is 23.8 Å². The van der Waals surface area contributed by atoms with Crippen LogP contribution >= 0.6 is 0 Å². The van der Waals surface area contributed by atoms with Gasteiger partial charge in [-0.25, -0.2) is 0 Å². The number of aliphatic hydroxyl groups is 1. The molecule has 0 aliphatic heterocycles. The molecule has 0 aromatic carbocycles. The van der Waals surface area contributed by atoms with Crippen molar-refractivity contribution < 1.29 is 5.11 Å². The van der Waals surface area contributed by atoms with Crippen molar-refractivity contribution in [3.63, 3.8) is 0 Å². The number of hydrogen-bond acceptors (Lipinski definition) is 2. The normalized spacial score (nSPS) is 27.6. The molecular formula is C13H27NO. The van der Waals surface area contributed by atoms with Gasteiger partial charge in [-0.3, -0.25) is 0 Å². The highest BCUT2D eigenvalue weighted by molar-refractivity contribution is 4.84. The Morgan fingerprint density at radius 1 is 1.47 bits per heavy atom. The Kier molecular flexibility index (Phi) is 5.07. The van der Waals surface area contributed by atoms with Crippen LogP contribution in [0.25, 0.3) is 0 Å². The van der Waals surface area contributed by atoms with Gasteiger partial charge >= 0.3 is 0 Å². The van der Waals surface area contributed by atoms with Crippen molar-refractivity contribution in [1.29, 1.82) is 0 Å². The molecule has 0 radical (unpaired) electrons. The summed E-state index contributed by atoms with van der Waals surface area (Å²) in [5.41, 5.74) is 0.520. The third-order valence-corrected chi connectivity index (χ3v) is 3.52. The highest BCUT2D eigenvalue weighted by atomic mass is 16.2. The molecule has 0 heterocycles. The van der Waals surface area contributed by atoms with Crippen LogP contribution in [0.15, 0.2) is 0 Å². The van der Waals surface area contributed by atoms with Crippen molar-refractivity contribution in [2.75, 3.05) is 6.61 Å². The number of aliphatic hydroxyl groups excluding tert-OH is 1. The lowest BCUT2D eigenvalue weighted by Crippen LogP contribution is -2.41.